The highest BCUT2D eigenvalue weighted by Crippen LogP contribution is 2.26. The van der Waals surface area contributed by atoms with Crippen LogP contribution in [0.5, 0.6) is 5.75 Å². The highest BCUT2D eigenvalue weighted by Gasteiger charge is 2.24. The molecule has 0 aliphatic heterocycles. The van der Waals surface area contributed by atoms with Gasteiger partial charge in [0.2, 0.25) is 11.7 Å². The average Bonchev–Trinajstić information content (AvgIpc) is 2.32. The van der Waals surface area contributed by atoms with Gasteiger partial charge in [0, 0.05) is 19.0 Å². The molecule has 0 aliphatic rings. The molecule has 1 aromatic rings. The first-order valence-electron chi connectivity index (χ1n) is 5.12. The van der Waals surface area contributed by atoms with Gasteiger partial charge in [0.25, 0.3) is 0 Å². The summed E-state index contributed by atoms with van der Waals surface area (Å²) in [5.74, 6) is -4.26. The lowest BCUT2D eigenvalue weighted by atomic mass is 10.0. The molecule has 0 bridgehead atoms. The van der Waals surface area contributed by atoms with Crippen LogP contribution in [-0.4, -0.2) is 33.9 Å². The van der Waals surface area contributed by atoms with E-state index in [1.54, 1.807) is 0 Å². The smallest absolute Gasteiger partial charge is 0.216 e. The zero-order chi connectivity index (χ0) is 13.9. The number of carbonyl (C=O) groups excluding carboxylic acids is 1. The van der Waals surface area contributed by atoms with Gasteiger partial charge in [-0.05, 0) is 12.1 Å². The second-order valence-corrected chi connectivity index (χ2v) is 3.75. The van der Waals surface area contributed by atoms with Gasteiger partial charge in [-0.2, -0.15) is 4.39 Å². The monoisotopic (exact) mass is 261 g/mol. The van der Waals surface area contributed by atoms with Crippen LogP contribution in [0.15, 0.2) is 12.1 Å². The van der Waals surface area contributed by atoms with Crippen LogP contribution in [0, 0.1) is 11.6 Å². The molecule has 1 amide bonds. The maximum Gasteiger partial charge on any atom is 0.216 e. The lowest BCUT2D eigenvalue weighted by molar-refractivity contribution is -0.119. The lowest BCUT2D eigenvalue weighted by Gasteiger charge is -2.19. The molecule has 0 heterocycles. The first-order valence-corrected chi connectivity index (χ1v) is 5.12. The number of aliphatic hydroxyl groups is 2. The molecular formula is C11H13F2NO4. The number of amides is 1. The minimum atomic E-state index is -1.72. The SMILES string of the molecule is CC(=O)NCC(O)C(O)c1ccc(O)c(F)c1F. The number of aromatic hydroxyl groups is 1. The van der Waals surface area contributed by atoms with Gasteiger partial charge >= 0.3 is 0 Å². The van der Waals surface area contributed by atoms with Gasteiger partial charge in [0.15, 0.2) is 11.6 Å². The topological polar surface area (TPSA) is 89.8 Å². The van der Waals surface area contributed by atoms with Crippen LogP contribution in [0.3, 0.4) is 0 Å². The molecule has 0 spiro atoms. The number of rotatable bonds is 4. The van der Waals surface area contributed by atoms with Crippen LogP contribution >= 0.6 is 0 Å². The Kier molecular flexibility index (Phi) is 4.57. The Morgan fingerprint density at radius 2 is 1.94 bits per heavy atom. The normalized spacial score (nSPS) is 14.1. The van der Waals surface area contributed by atoms with E-state index in [0.29, 0.717) is 0 Å². The summed E-state index contributed by atoms with van der Waals surface area (Å²) in [5, 5.41) is 30.2. The Morgan fingerprint density at radius 1 is 1.33 bits per heavy atom. The summed E-state index contributed by atoms with van der Waals surface area (Å²) < 4.78 is 26.4. The number of halogens is 2. The Labute approximate surface area is 102 Å². The van der Waals surface area contributed by atoms with Crippen molar-refractivity contribution in [3.8, 4) is 5.75 Å². The van der Waals surface area contributed by atoms with Crippen LogP contribution in [0.4, 0.5) is 8.78 Å². The maximum absolute atomic E-state index is 13.4. The number of hydrogen-bond donors (Lipinski definition) is 4. The molecule has 0 saturated heterocycles. The van der Waals surface area contributed by atoms with E-state index in [4.69, 9.17) is 5.11 Å². The largest absolute Gasteiger partial charge is 0.505 e. The summed E-state index contributed by atoms with van der Waals surface area (Å²) in [6.07, 6.45) is -3.21. The van der Waals surface area contributed by atoms with Gasteiger partial charge in [0.05, 0.1) is 0 Å². The molecule has 100 valence electrons. The maximum atomic E-state index is 13.4. The van der Waals surface area contributed by atoms with Crippen LogP contribution in [-0.2, 0) is 4.79 Å². The fourth-order valence-corrected chi connectivity index (χ4v) is 1.35. The fourth-order valence-electron chi connectivity index (χ4n) is 1.35. The average molecular weight is 261 g/mol. The summed E-state index contributed by atoms with van der Waals surface area (Å²) in [6, 6.07) is 1.82. The van der Waals surface area contributed by atoms with Gasteiger partial charge in [-0.1, -0.05) is 0 Å². The third-order valence-electron chi connectivity index (χ3n) is 2.34. The van der Waals surface area contributed by atoms with E-state index in [1.807, 2.05) is 0 Å². The lowest BCUT2D eigenvalue weighted by Crippen LogP contribution is -2.34. The van der Waals surface area contributed by atoms with Crippen molar-refractivity contribution in [2.45, 2.75) is 19.1 Å². The van der Waals surface area contributed by atoms with E-state index < -0.39 is 41.1 Å². The summed E-state index contributed by atoms with van der Waals surface area (Å²) in [7, 11) is 0. The molecule has 2 atom stereocenters. The zero-order valence-corrected chi connectivity index (χ0v) is 9.52. The Morgan fingerprint density at radius 3 is 2.50 bits per heavy atom. The summed E-state index contributed by atoms with van der Waals surface area (Å²) in [5.41, 5.74) is -0.497. The van der Waals surface area contributed by atoms with Crippen LogP contribution in [0.1, 0.15) is 18.6 Å². The molecule has 18 heavy (non-hydrogen) atoms. The molecule has 0 radical (unpaired) electrons. The Bertz CT molecular complexity index is 453. The number of nitrogens with one attached hydrogen (secondary N) is 1. The van der Waals surface area contributed by atoms with Crippen molar-refractivity contribution < 1.29 is 28.9 Å². The number of phenols is 1. The molecular weight excluding hydrogens is 248 g/mol. The predicted molar refractivity (Wildman–Crippen MR) is 57.7 cm³/mol. The summed E-state index contributed by atoms with van der Waals surface area (Å²) in [4.78, 5) is 10.6. The van der Waals surface area contributed by atoms with Gasteiger partial charge in [-0.15, -0.1) is 0 Å². The number of benzene rings is 1. The molecule has 7 heteroatoms. The number of aliphatic hydroxyl groups excluding tert-OH is 2. The molecule has 4 N–H and O–H groups in total. The van der Waals surface area contributed by atoms with E-state index in [-0.39, 0.29) is 6.54 Å². The first kappa shape index (κ1) is 14.3. The minimum absolute atomic E-state index is 0.307. The van der Waals surface area contributed by atoms with Crippen molar-refractivity contribution in [2.75, 3.05) is 6.54 Å². The molecule has 0 aromatic heterocycles. The Balaban J connectivity index is 2.86. The highest BCUT2D eigenvalue weighted by molar-refractivity contribution is 5.72. The van der Waals surface area contributed by atoms with E-state index in [9.17, 15) is 23.8 Å². The first-order chi connectivity index (χ1) is 8.34. The van der Waals surface area contributed by atoms with Crippen molar-refractivity contribution in [2.24, 2.45) is 0 Å². The second-order valence-electron chi connectivity index (χ2n) is 3.75. The van der Waals surface area contributed by atoms with Crippen molar-refractivity contribution in [3.05, 3.63) is 29.3 Å². The summed E-state index contributed by atoms with van der Waals surface area (Å²) in [6.45, 7) is 0.901. The fraction of sp³-hybridized carbons (Fsp3) is 0.364. The second kappa shape index (κ2) is 5.74. The van der Waals surface area contributed by atoms with E-state index in [0.717, 1.165) is 12.1 Å². The molecule has 1 rings (SSSR count). The third kappa shape index (κ3) is 3.14. The van der Waals surface area contributed by atoms with E-state index in [1.165, 1.54) is 6.92 Å². The molecule has 5 nitrogen and oxygen atoms in total. The molecule has 1 aromatic carbocycles. The third-order valence-corrected chi connectivity index (χ3v) is 2.34. The van der Waals surface area contributed by atoms with Gasteiger partial charge in [-0.3, -0.25) is 4.79 Å². The van der Waals surface area contributed by atoms with Gasteiger partial charge < -0.3 is 20.6 Å². The van der Waals surface area contributed by atoms with Crippen molar-refractivity contribution in [1.29, 1.82) is 0 Å². The van der Waals surface area contributed by atoms with Gasteiger partial charge in [-0.25, -0.2) is 4.39 Å². The Hall–Kier alpha value is -1.73. The molecule has 0 saturated carbocycles. The van der Waals surface area contributed by atoms with E-state index in [2.05, 4.69) is 5.32 Å². The number of phenolic OH excluding ortho intramolecular Hbond substituents is 1. The zero-order valence-electron chi connectivity index (χ0n) is 9.52. The minimum Gasteiger partial charge on any atom is -0.505 e. The number of hydrogen-bond acceptors (Lipinski definition) is 4. The van der Waals surface area contributed by atoms with Crippen molar-refractivity contribution in [1.82, 2.24) is 5.32 Å². The quantitative estimate of drug-likeness (QED) is 0.623. The highest BCUT2D eigenvalue weighted by atomic mass is 19.2. The standard InChI is InChI=1S/C11H13F2NO4/c1-5(15)14-4-8(17)11(18)6-2-3-7(16)10(13)9(6)12/h2-3,8,11,16-18H,4H2,1H3,(H,14,15). The van der Waals surface area contributed by atoms with E-state index >= 15 is 0 Å². The molecule has 2 unspecified atom stereocenters. The molecule has 0 aliphatic carbocycles. The number of carbonyl (C=O) groups is 1. The van der Waals surface area contributed by atoms with Crippen LogP contribution in [0.2, 0.25) is 0 Å². The molecule has 0 fully saturated rings. The van der Waals surface area contributed by atoms with Crippen LogP contribution in [0.25, 0.3) is 0 Å². The summed E-state index contributed by atoms with van der Waals surface area (Å²) >= 11 is 0. The van der Waals surface area contributed by atoms with Crippen molar-refractivity contribution >= 4 is 5.91 Å². The predicted octanol–water partition coefficient (Wildman–Crippen LogP) is 0.201. The van der Waals surface area contributed by atoms with Gasteiger partial charge in [0.1, 0.15) is 12.2 Å². The van der Waals surface area contributed by atoms with Crippen LogP contribution < -0.4 is 5.32 Å². The van der Waals surface area contributed by atoms with Crippen molar-refractivity contribution in [3.63, 3.8) is 0 Å².